The van der Waals surface area contributed by atoms with Gasteiger partial charge in [0.25, 0.3) is 5.69 Å². The first-order valence-electron chi connectivity index (χ1n) is 15.0. The van der Waals surface area contributed by atoms with E-state index in [1.165, 1.54) is 36.1 Å². The Balaban J connectivity index is 0.000000432. The van der Waals surface area contributed by atoms with E-state index >= 15 is 0 Å². The standard InChI is InChI=1S/C21H29N3O8S.C7H8.C3H8/c25-21(31-19-14-30-20-18(19)8-13-29-20)22-9-1-10-23(32-16-6-11-28-12-7-16)33-17-4-2-15(3-5-17)24(26)27;1-7-5-3-2-4-6-7;1-3-2/h2-5,16,18-20H,1,6-14H2,(H,22,25);2-6H,1H3;3H2,1-2H3/t18-,19-,20+;;/m0../s1. The van der Waals surface area contributed by atoms with Gasteiger partial charge in [0.15, 0.2) is 6.29 Å². The molecule has 12 heteroatoms. The molecule has 3 saturated heterocycles. The molecular weight excluding hydrogens is 574 g/mol. The van der Waals surface area contributed by atoms with E-state index in [1.54, 1.807) is 16.6 Å². The number of fused-ring (bicyclic) bond motifs is 1. The molecule has 0 saturated carbocycles. The van der Waals surface area contributed by atoms with Crippen LogP contribution in [0, 0.1) is 23.0 Å². The minimum Gasteiger partial charge on any atom is -0.443 e. The Bertz CT molecular complexity index is 1070. The molecule has 0 bridgehead atoms. The summed E-state index contributed by atoms with van der Waals surface area (Å²) in [6, 6.07) is 16.6. The number of hydrogen-bond acceptors (Lipinski definition) is 10. The van der Waals surface area contributed by atoms with Gasteiger partial charge in [0.05, 0.1) is 30.2 Å². The second-order valence-corrected chi connectivity index (χ2v) is 11.5. The summed E-state index contributed by atoms with van der Waals surface area (Å²) in [5.74, 6) is 0.109. The number of nitrogens with zero attached hydrogens (tertiary/aromatic N) is 2. The molecule has 1 N–H and O–H groups in total. The molecule has 5 rings (SSSR count). The third kappa shape index (κ3) is 12.8. The molecule has 0 radical (unpaired) electrons. The summed E-state index contributed by atoms with van der Waals surface area (Å²) in [5.41, 5.74) is 1.37. The van der Waals surface area contributed by atoms with E-state index in [-0.39, 0.29) is 30.1 Å². The zero-order valence-corrected chi connectivity index (χ0v) is 26.2. The van der Waals surface area contributed by atoms with Crippen LogP contribution in [0.15, 0.2) is 59.5 Å². The maximum absolute atomic E-state index is 12.2. The molecule has 3 heterocycles. The fraction of sp³-hybridized carbons (Fsp3) is 0.581. The number of nitrogens with one attached hydrogen (secondary N) is 1. The number of benzene rings is 2. The summed E-state index contributed by atoms with van der Waals surface area (Å²) in [5, 5.41) is 13.7. The van der Waals surface area contributed by atoms with Crippen LogP contribution in [0.25, 0.3) is 0 Å². The molecule has 0 unspecified atom stereocenters. The first-order chi connectivity index (χ1) is 20.9. The van der Waals surface area contributed by atoms with Crippen molar-refractivity contribution in [1.82, 2.24) is 9.79 Å². The topological polar surface area (TPSA) is 122 Å². The highest BCUT2D eigenvalue weighted by molar-refractivity contribution is 7.96. The van der Waals surface area contributed by atoms with Crippen molar-refractivity contribution in [2.75, 3.05) is 39.5 Å². The quantitative estimate of drug-likeness (QED) is 0.140. The summed E-state index contributed by atoms with van der Waals surface area (Å²) in [4.78, 5) is 29.6. The first kappa shape index (κ1) is 34.7. The van der Waals surface area contributed by atoms with Gasteiger partial charge in [-0.2, -0.15) is 0 Å². The smallest absolute Gasteiger partial charge is 0.407 e. The summed E-state index contributed by atoms with van der Waals surface area (Å²) in [6.45, 7) is 9.61. The number of rotatable bonds is 10. The van der Waals surface area contributed by atoms with Gasteiger partial charge in [-0.3, -0.25) is 15.0 Å². The van der Waals surface area contributed by atoms with E-state index in [2.05, 4.69) is 38.2 Å². The van der Waals surface area contributed by atoms with E-state index in [9.17, 15) is 14.9 Å². The van der Waals surface area contributed by atoms with Crippen LogP contribution in [0.4, 0.5) is 10.5 Å². The van der Waals surface area contributed by atoms with E-state index in [0.717, 1.165) is 24.2 Å². The summed E-state index contributed by atoms with van der Waals surface area (Å²) >= 11 is 1.37. The van der Waals surface area contributed by atoms with Crippen LogP contribution in [-0.2, 0) is 23.8 Å². The van der Waals surface area contributed by atoms with Gasteiger partial charge >= 0.3 is 6.09 Å². The van der Waals surface area contributed by atoms with Crippen molar-refractivity contribution in [2.45, 2.75) is 76.3 Å². The summed E-state index contributed by atoms with van der Waals surface area (Å²) < 4.78 is 23.6. The largest absolute Gasteiger partial charge is 0.443 e. The highest BCUT2D eigenvalue weighted by Gasteiger charge is 2.43. The minimum atomic E-state index is -0.462. The predicted molar refractivity (Wildman–Crippen MR) is 164 cm³/mol. The van der Waals surface area contributed by atoms with E-state index in [1.807, 2.05) is 18.2 Å². The normalized spacial score (nSPS) is 21.2. The molecule has 1 amide bonds. The van der Waals surface area contributed by atoms with Gasteiger partial charge in [0.2, 0.25) is 0 Å². The van der Waals surface area contributed by atoms with Crippen LogP contribution in [-0.4, -0.2) is 73.5 Å². The third-order valence-electron chi connectivity index (χ3n) is 6.66. The van der Waals surface area contributed by atoms with E-state index < -0.39 is 11.0 Å². The molecule has 3 aliphatic heterocycles. The molecule has 3 fully saturated rings. The van der Waals surface area contributed by atoms with E-state index in [0.29, 0.717) is 45.9 Å². The van der Waals surface area contributed by atoms with Gasteiger partial charge in [0, 0.05) is 43.3 Å². The minimum absolute atomic E-state index is 0.0436. The van der Waals surface area contributed by atoms with Crippen molar-refractivity contribution in [2.24, 2.45) is 5.92 Å². The highest BCUT2D eigenvalue weighted by Crippen LogP contribution is 2.33. The number of carbonyl (C=O) groups excluding carboxylic acids is 1. The van der Waals surface area contributed by atoms with Crippen LogP contribution in [0.1, 0.15) is 51.5 Å². The molecule has 11 nitrogen and oxygen atoms in total. The Morgan fingerprint density at radius 2 is 1.74 bits per heavy atom. The number of hydroxylamine groups is 1. The number of non-ortho nitro benzene ring substituents is 1. The Hall–Kier alpha value is -2.74. The monoisotopic (exact) mass is 619 g/mol. The average Bonchev–Trinajstić information content (AvgIpc) is 3.63. The van der Waals surface area contributed by atoms with Crippen molar-refractivity contribution >= 4 is 23.7 Å². The predicted octanol–water partition coefficient (Wildman–Crippen LogP) is 6.30. The van der Waals surface area contributed by atoms with Gasteiger partial charge in [-0.25, -0.2) is 4.79 Å². The lowest BCUT2D eigenvalue weighted by Crippen LogP contribution is -2.35. The van der Waals surface area contributed by atoms with Crippen molar-refractivity contribution in [3.05, 3.63) is 70.3 Å². The Labute approximate surface area is 258 Å². The van der Waals surface area contributed by atoms with Gasteiger partial charge < -0.3 is 24.3 Å². The second kappa shape index (κ2) is 19.5. The average molecular weight is 620 g/mol. The molecule has 238 valence electrons. The SMILES string of the molecule is CCC.Cc1ccccc1.O=C(NCCCN(OC1CCOCC1)Sc1ccc([N+](=O)[O-])cc1)O[C@H]1CO[C@H]2OCC[C@H]21. The van der Waals surface area contributed by atoms with Gasteiger partial charge in [-0.05, 0) is 56.7 Å². The lowest BCUT2D eigenvalue weighted by atomic mass is 10.0. The van der Waals surface area contributed by atoms with Crippen LogP contribution in [0.5, 0.6) is 0 Å². The molecule has 2 aromatic carbocycles. The molecule has 3 aliphatic rings. The Morgan fingerprint density at radius 1 is 1.05 bits per heavy atom. The van der Waals surface area contributed by atoms with Gasteiger partial charge in [0.1, 0.15) is 6.10 Å². The van der Waals surface area contributed by atoms with Crippen LogP contribution in [0.2, 0.25) is 0 Å². The van der Waals surface area contributed by atoms with Crippen LogP contribution in [0.3, 0.4) is 0 Å². The van der Waals surface area contributed by atoms with Crippen LogP contribution >= 0.6 is 11.9 Å². The number of ether oxygens (including phenoxy) is 4. The van der Waals surface area contributed by atoms with Crippen molar-refractivity contribution in [3.63, 3.8) is 0 Å². The highest BCUT2D eigenvalue weighted by atomic mass is 32.2. The third-order valence-corrected chi connectivity index (χ3v) is 7.62. The molecule has 3 atom stereocenters. The Kier molecular flexibility index (Phi) is 15.8. The molecule has 2 aromatic rings. The lowest BCUT2D eigenvalue weighted by molar-refractivity contribution is -0.384. The zero-order chi connectivity index (χ0) is 30.9. The number of nitro benzene ring substituents is 1. The first-order valence-corrected chi connectivity index (χ1v) is 15.8. The zero-order valence-electron chi connectivity index (χ0n) is 25.4. The fourth-order valence-electron chi connectivity index (χ4n) is 4.47. The molecular formula is C31H45N3O8S. The molecule has 43 heavy (non-hydrogen) atoms. The number of aryl methyl sites for hydroxylation is 1. The maximum Gasteiger partial charge on any atom is 0.407 e. The van der Waals surface area contributed by atoms with Crippen LogP contribution < -0.4 is 5.32 Å². The summed E-state index contributed by atoms with van der Waals surface area (Å²) in [6.07, 6.45) is 3.38. The van der Waals surface area contributed by atoms with Crippen molar-refractivity contribution in [1.29, 1.82) is 0 Å². The number of hydrogen-bond donors (Lipinski definition) is 1. The van der Waals surface area contributed by atoms with Crippen molar-refractivity contribution < 1.29 is 33.5 Å². The molecule has 0 aliphatic carbocycles. The molecule has 0 aromatic heterocycles. The number of alkyl carbamates (subject to hydrolysis) is 1. The fourth-order valence-corrected chi connectivity index (χ4v) is 5.35. The van der Waals surface area contributed by atoms with E-state index in [4.69, 9.17) is 23.8 Å². The van der Waals surface area contributed by atoms with Gasteiger partial charge in [-0.15, -0.1) is 4.47 Å². The number of amides is 1. The number of carbonyl (C=O) groups is 1. The Morgan fingerprint density at radius 3 is 2.37 bits per heavy atom. The maximum atomic E-state index is 12.2. The lowest BCUT2D eigenvalue weighted by Gasteiger charge is -2.28. The van der Waals surface area contributed by atoms with Gasteiger partial charge in [-0.1, -0.05) is 56.2 Å². The second-order valence-electron chi connectivity index (χ2n) is 10.4. The van der Waals surface area contributed by atoms with Crippen molar-refractivity contribution in [3.8, 4) is 0 Å². The summed E-state index contributed by atoms with van der Waals surface area (Å²) in [7, 11) is 0. The number of nitro groups is 1. The molecule has 0 spiro atoms.